The largest absolute Gasteiger partial charge is 0.428 e. The first-order chi connectivity index (χ1) is 16.5. The highest BCUT2D eigenvalue weighted by atomic mass is 32.9. The lowest BCUT2D eigenvalue weighted by Gasteiger charge is -2.28. The molecule has 0 radical (unpaired) electrons. The van der Waals surface area contributed by atoms with Crippen molar-refractivity contribution in [2.45, 2.75) is 77.4 Å². The van der Waals surface area contributed by atoms with Crippen LogP contribution >= 0.6 is 17.1 Å². The van der Waals surface area contributed by atoms with Gasteiger partial charge < -0.3 is 9.05 Å². The van der Waals surface area contributed by atoms with Gasteiger partial charge in [-0.05, 0) is 94.7 Å². The van der Waals surface area contributed by atoms with Crippen LogP contribution in [0.1, 0.15) is 83.2 Å². The predicted molar refractivity (Wildman–Crippen MR) is 158 cm³/mol. The van der Waals surface area contributed by atoms with Crippen LogP contribution in [0.2, 0.25) is 0 Å². The van der Waals surface area contributed by atoms with E-state index in [1.54, 1.807) is 11.4 Å². The zero-order valence-electron chi connectivity index (χ0n) is 22.1. The molecule has 0 saturated heterocycles. The van der Waals surface area contributed by atoms with Gasteiger partial charge in [0.15, 0.2) is 0 Å². The van der Waals surface area contributed by atoms with E-state index in [1.807, 2.05) is 18.2 Å². The van der Waals surface area contributed by atoms with Crippen molar-refractivity contribution in [2.24, 2.45) is 0 Å². The molecule has 2 nitrogen and oxygen atoms in total. The normalized spacial score (nSPS) is 13.3. The lowest BCUT2D eigenvalue weighted by molar-refractivity contribution is 0.485. The molecule has 5 heteroatoms. The summed E-state index contributed by atoms with van der Waals surface area (Å²) in [5.74, 6) is 1.54. The maximum Gasteiger partial charge on any atom is 0.349 e. The number of benzene rings is 3. The summed E-state index contributed by atoms with van der Waals surface area (Å²) < 4.78 is 13.2. The molecular formula is C30H39O2PS2. The first-order valence-electron chi connectivity index (χ1n) is 12.4. The average molecular weight is 527 g/mol. The Balaban J connectivity index is 1.96. The molecule has 0 spiro atoms. The first kappa shape index (κ1) is 27.8. The minimum absolute atomic E-state index is 0.0628. The smallest absolute Gasteiger partial charge is 0.349 e. The molecular weight excluding hydrogens is 487 g/mol. The van der Waals surface area contributed by atoms with Crippen LogP contribution in [0.15, 0.2) is 78.9 Å². The third-order valence-electron chi connectivity index (χ3n) is 6.99. The fraction of sp³-hybridized carbons (Fsp3) is 0.400. The Morgan fingerprint density at radius 1 is 0.743 bits per heavy atom. The lowest BCUT2D eigenvalue weighted by atomic mass is 9.82. The van der Waals surface area contributed by atoms with Gasteiger partial charge in [-0.3, -0.25) is 0 Å². The Bertz CT molecular complexity index is 1090. The van der Waals surface area contributed by atoms with E-state index in [1.165, 1.54) is 16.7 Å². The van der Waals surface area contributed by atoms with Crippen molar-refractivity contribution in [1.82, 2.24) is 0 Å². The summed E-state index contributed by atoms with van der Waals surface area (Å²) in [6, 6.07) is 27.1. The van der Waals surface area contributed by atoms with Crippen LogP contribution in [0, 0.1) is 0 Å². The van der Waals surface area contributed by atoms with Crippen molar-refractivity contribution in [2.75, 3.05) is 0 Å². The Hall–Kier alpha value is -1.74. The van der Waals surface area contributed by atoms with Crippen LogP contribution in [-0.4, -0.2) is 0 Å². The van der Waals surface area contributed by atoms with E-state index in [2.05, 4.69) is 109 Å². The van der Waals surface area contributed by atoms with Gasteiger partial charge in [-0.25, -0.2) is 0 Å². The average Bonchev–Trinajstić information content (AvgIpc) is 2.84. The van der Waals surface area contributed by atoms with E-state index in [4.69, 9.17) is 20.9 Å². The zero-order chi connectivity index (χ0) is 25.7. The van der Waals surface area contributed by atoms with Crippen molar-refractivity contribution in [1.29, 1.82) is 0 Å². The van der Waals surface area contributed by atoms with E-state index in [0.717, 1.165) is 24.3 Å². The summed E-state index contributed by atoms with van der Waals surface area (Å²) in [4.78, 5) is 0. The van der Waals surface area contributed by atoms with Crippen molar-refractivity contribution in [3.63, 3.8) is 0 Å². The molecule has 0 fully saturated rings. The van der Waals surface area contributed by atoms with E-state index in [9.17, 15) is 0 Å². The predicted octanol–water partition coefficient (Wildman–Crippen LogP) is 10.2. The summed E-state index contributed by atoms with van der Waals surface area (Å²) in [6.07, 6.45) is 2.09. The Morgan fingerprint density at radius 2 is 1.20 bits per heavy atom. The van der Waals surface area contributed by atoms with Gasteiger partial charge >= 0.3 is 5.69 Å². The monoisotopic (exact) mass is 526 g/mol. The van der Waals surface area contributed by atoms with Crippen molar-refractivity contribution < 1.29 is 9.05 Å². The van der Waals surface area contributed by atoms with Gasteiger partial charge in [0.05, 0.1) is 0 Å². The van der Waals surface area contributed by atoms with Crippen LogP contribution in [0.5, 0.6) is 11.5 Å². The van der Waals surface area contributed by atoms with Gasteiger partial charge in [-0.2, -0.15) is 0 Å². The minimum Gasteiger partial charge on any atom is -0.428 e. The molecule has 0 aliphatic carbocycles. The Morgan fingerprint density at radius 3 is 1.63 bits per heavy atom. The van der Waals surface area contributed by atoms with Gasteiger partial charge in [0, 0.05) is 5.25 Å². The molecule has 0 N–H and O–H groups in total. The van der Waals surface area contributed by atoms with Crippen LogP contribution in [0.3, 0.4) is 0 Å². The maximum absolute atomic E-state index is 6.60. The SMILES string of the molecule is CCC(C)(C)c1cccc(OP(=S)(Oc2cccc(C(C)(C)CC)c2)SC(C)c2ccccc2)c1. The standard InChI is InChI=1S/C30H39O2PS2/c1-8-29(4,5)25-17-13-19-27(21-25)31-33(34,35-23(3)24-15-11-10-12-16-24)32-28-20-14-18-26(22-28)30(6,7)9-2/h10-23H,8-9H2,1-7H3. The summed E-state index contributed by atoms with van der Waals surface area (Å²) >= 11 is 7.81. The summed E-state index contributed by atoms with van der Waals surface area (Å²) in [6.45, 7) is 15.6. The molecule has 0 aliphatic heterocycles. The number of hydrogen-bond donors (Lipinski definition) is 0. The molecule has 3 rings (SSSR count). The molecule has 3 aromatic rings. The fourth-order valence-electron chi connectivity index (χ4n) is 3.65. The molecule has 0 heterocycles. The van der Waals surface area contributed by atoms with Crippen LogP contribution in [0.25, 0.3) is 0 Å². The Kier molecular flexibility index (Phi) is 9.18. The quantitative estimate of drug-likeness (QED) is 0.231. The Labute approximate surface area is 221 Å². The zero-order valence-corrected chi connectivity index (χ0v) is 24.6. The third-order valence-corrected chi connectivity index (χ3v) is 12.1. The van der Waals surface area contributed by atoms with Gasteiger partial charge in [0.25, 0.3) is 0 Å². The minimum atomic E-state index is -2.80. The molecule has 1 atom stereocenters. The molecule has 0 aromatic heterocycles. The van der Waals surface area contributed by atoms with Gasteiger partial charge in [-0.15, -0.1) is 0 Å². The van der Waals surface area contributed by atoms with Crippen LogP contribution in [-0.2, 0) is 22.6 Å². The number of hydrogen-bond acceptors (Lipinski definition) is 4. The van der Waals surface area contributed by atoms with Crippen molar-refractivity contribution in [3.05, 3.63) is 95.6 Å². The fourth-order valence-corrected chi connectivity index (χ4v) is 9.17. The topological polar surface area (TPSA) is 18.5 Å². The molecule has 188 valence electrons. The highest BCUT2D eigenvalue weighted by molar-refractivity contribution is 8.68. The van der Waals surface area contributed by atoms with Gasteiger partial charge in [-0.1, -0.05) is 96.1 Å². The van der Waals surface area contributed by atoms with Crippen LogP contribution in [0.4, 0.5) is 0 Å². The third kappa shape index (κ3) is 7.38. The summed E-state index contributed by atoms with van der Waals surface area (Å²) in [5.41, 5.74) is 1.02. The molecule has 3 aromatic carbocycles. The van der Waals surface area contributed by atoms with E-state index in [0.29, 0.717) is 0 Å². The molecule has 35 heavy (non-hydrogen) atoms. The van der Waals surface area contributed by atoms with Crippen molar-refractivity contribution in [3.8, 4) is 11.5 Å². The second kappa shape index (κ2) is 11.5. The van der Waals surface area contributed by atoms with E-state index < -0.39 is 5.69 Å². The molecule has 0 aliphatic rings. The first-order valence-corrected chi connectivity index (χ1v) is 16.5. The summed E-state index contributed by atoms with van der Waals surface area (Å²) in [7, 11) is 0. The molecule has 0 saturated carbocycles. The molecule has 0 amide bonds. The maximum atomic E-state index is 6.60. The van der Waals surface area contributed by atoms with Gasteiger partial charge in [0.1, 0.15) is 11.5 Å². The lowest BCUT2D eigenvalue weighted by Crippen LogP contribution is -2.15. The molecule has 0 bridgehead atoms. The molecule has 1 unspecified atom stereocenters. The highest BCUT2D eigenvalue weighted by Gasteiger charge is 2.29. The van der Waals surface area contributed by atoms with Crippen molar-refractivity contribution >= 4 is 28.9 Å². The van der Waals surface area contributed by atoms with Crippen LogP contribution < -0.4 is 9.05 Å². The van der Waals surface area contributed by atoms with E-state index >= 15 is 0 Å². The number of rotatable bonds is 11. The second-order valence-corrected chi connectivity index (χ2v) is 16.7. The summed E-state index contributed by atoms with van der Waals surface area (Å²) in [5, 5.41) is 0.132. The second-order valence-electron chi connectivity index (χ2n) is 10.3. The highest BCUT2D eigenvalue weighted by Crippen LogP contribution is 2.65. The van der Waals surface area contributed by atoms with Gasteiger partial charge in [0.2, 0.25) is 0 Å². The van der Waals surface area contributed by atoms with E-state index in [-0.39, 0.29) is 16.1 Å².